The van der Waals surface area contributed by atoms with Gasteiger partial charge < -0.3 is 30.7 Å². The zero-order chi connectivity index (χ0) is 27.3. The molecule has 0 fully saturated rings. The summed E-state index contributed by atoms with van der Waals surface area (Å²) in [4.78, 5) is 47.3. The fourth-order valence-electron chi connectivity index (χ4n) is 3.77. The normalized spacial score (nSPS) is 15.3. The van der Waals surface area contributed by atoms with E-state index in [2.05, 4.69) is 26.5 Å². The van der Waals surface area contributed by atoms with E-state index in [1.165, 1.54) is 0 Å². The van der Waals surface area contributed by atoms with Crippen molar-refractivity contribution in [3.8, 4) is 12.3 Å². The van der Waals surface area contributed by atoms with E-state index in [1.54, 1.807) is 31.3 Å². The van der Waals surface area contributed by atoms with Crippen molar-refractivity contribution in [2.75, 3.05) is 13.6 Å². The highest BCUT2D eigenvalue weighted by atomic mass is 16.3. The van der Waals surface area contributed by atoms with Crippen molar-refractivity contribution in [1.82, 2.24) is 25.5 Å². The molecule has 1 aromatic rings. The Labute approximate surface area is 214 Å². The fourth-order valence-corrected chi connectivity index (χ4v) is 3.77. The SMILES string of the molecule is C#CCC[C@H](NC(=O)[C@H](CC)CC(=O)N(C)CCc1ncc[nH]1)C(=O)N[C@@H](C)[C@@H](O)[C@@H](O)CC(C)C. The van der Waals surface area contributed by atoms with Crippen LogP contribution >= 0.6 is 0 Å². The molecule has 1 heterocycles. The number of hydrogen-bond acceptors (Lipinski definition) is 6. The Kier molecular flexibility index (Phi) is 13.8. The molecule has 5 N–H and O–H groups in total. The quantitative estimate of drug-likeness (QED) is 0.212. The van der Waals surface area contributed by atoms with Gasteiger partial charge in [-0.2, -0.15) is 0 Å². The molecule has 5 atom stereocenters. The molecule has 1 aromatic heterocycles. The summed E-state index contributed by atoms with van der Waals surface area (Å²) < 4.78 is 0. The summed E-state index contributed by atoms with van der Waals surface area (Å²) in [5.74, 6) is 1.73. The van der Waals surface area contributed by atoms with Gasteiger partial charge in [-0.3, -0.25) is 14.4 Å². The second-order valence-corrected chi connectivity index (χ2v) is 9.70. The van der Waals surface area contributed by atoms with Gasteiger partial charge in [-0.15, -0.1) is 12.3 Å². The number of rotatable bonds is 16. The zero-order valence-electron chi connectivity index (χ0n) is 22.2. The lowest BCUT2D eigenvalue weighted by Gasteiger charge is -2.28. The predicted octanol–water partition coefficient (Wildman–Crippen LogP) is 0.998. The van der Waals surface area contributed by atoms with Gasteiger partial charge in [0.15, 0.2) is 0 Å². The standard InChI is InChI=1S/C26H43N5O5/c1-7-9-10-20(26(36)29-18(5)24(34)21(32)15-17(3)4)30-25(35)19(8-2)16-23(33)31(6)14-11-22-27-12-13-28-22/h1,12-13,17-21,24,32,34H,8-11,14-16H2,2-6H3,(H,27,28)(H,29,36)(H,30,35)/t18-,19+,20-,21-,24+/m0/s1. The van der Waals surface area contributed by atoms with E-state index in [-0.39, 0.29) is 31.1 Å². The number of aromatic nitrogens is 2. The van der Waals surface area contributed by atoms with Crippen molar-refractivity contribution in [3.63, 3.8) is 0 Å². The minimum Gasteiger partial charge on any atom is -0.390 e. The van der Waals surface area contributed by atoms with Crippen LogP contribution < -0.4 is 10.6 Å². The van der Waals surface area contributed by atoms with Gasteiger partial charge in [0, 0.05) is 51.2 Å². The van der Waals surface area contributed by atoms with Crippen LogP contribution in [-0.4, -0.2) is 80.7 Å². The number of amides is 3. The number of imidazole rings is 1. The lowest BCUT2D eigenvalue weighted by molar-refractivity contribution is -0.137. The van der Waals surface area contributed by atoms with Crippen LogP contribution in [0, 0.1) is 24.2 Å². The Morgan fingerprint density at radius 3 is 2.44 bits per heavy atom. The number of terminal acetylenes is 1. The van der Waals surface area contributed by atoms with Crippen LogP contribution in [0.2, 0.25) is 0 Å². The topological polar surface area (TPSA) is 148 Å². The predicted molar refractivity (Wildman–Crippen MR) is 137 cm³/mol. The highest BCUT2D eigenvalue weighted by molar-refractivity contribution is 5.90. The third kappa shape index (κ3) is 10.8. The third-order valence-corrected chi connectivity index (χ3v) is 6.15. The molecule has 0 aliphatic rings. The van der Waals surface area contributed by atoms with Crippen molar-refractivity contribution in [2.24, 2.45) is 11.8 Å². The van der Waals surface area contributed by atoms with Gasteiger partial charge in [0.25, 0.3) is 0 Å². The van der Waals surface area contributed by atoms with Crippen molar-refractivity contribution in [3.05, 3.63) is 18.2 Å². The summed E-state index contributed by atoms with van der Waals surface area (Å²) in [6.45, 7) is 7.72. The first-order valence-corrected chi connectivity index (χ1v) is 12.6. The zero-order valence-corrected chi connectivity index (χ0v) is 22.2. The Morgan fingerprint density at radius 2 is 1.89 bits per heavy atom. The second-order valence-electron chi connectivity index (χ2n) is 9.70. The van der Waals surface area contributed by atoms with Gasteiger partial charge in [0.1, 0.15) is 11.9 Å². The number of likely N-dealkylation sites (N-methyl/N-ethyl adjacent to an activating group) is 1. The second kappa shape index (κ2) is 16.0. The number of carbonyl (C=O) groups excluding carboxylic acids is 3. The average Bonchev–Trinajstić information content (AvgIpc) is 3.35. The molecule has 0 radical (unpaired) electrons. The molecule has 10 heteroatoms. The van der Waals surface area contributed by atoms with Crippen molar-refractivity contribution in [2.45, 2.75) is 90.5 Å². The van der Waals surface area contributed by atoms with Crippen LogP contribution in [0.3, 0.4) is 0 Å². The fraction of sp³-hybridized carbons (Fsp3) is 0.692. The average molecular weight is 506 g/mol. The molecular weight excluding hydrogens is 462 g/mol. The highest BCUT2D eigenvalue weighted by Gasteiger charge is 2.30. The van der Waals surface area contributed by atoms with Crippen LogP contribution in [0.25, 0.3) is 0 Å². The summed E-state index contributed by atoms with van der Waals surface area (Å²) in [5, 5.41) is 26.0. The number of carbonyl (C=O) groups is 3. The third-order valence-electron chi connectivity index (χ3n) is 6.15. The van der Waals surface area contributed by atoms with Crippen LogP contribution in [0.4, 0.5) is 0 Å². The van der Waals surface area contributed by atoms with Gasteiger partial charge >= 0.3 is 0 Å². The van der Waals surface area contributed by atoms with Gasteiger partial charge in [0.2, 0.25) is 17.7 Å². The molecule has 0 bridgehead atoms. The monoisotopic (exact) mass is 505 g/mol. The number of nitrogens with one attached hydrogen (secondary N) is 3. The van der Waals surface area contributed by atoms with E-state index in [0.29, 0.717) is 25.8 Å². The van der Waals surface area contributed by atoms with E-state index < -0.39 is 42.0 Å². The van der Waals surface area contributed by atoms with E-state index in [4.69, 9.17) is 6.42 Å². The Morgan fingerprint density at radius 1 is 1.19 bits per heavy atom. The Bertz CT molecular complexity index is 851. The van der Waals surface area contributed by atoms with Crippen molar-refractivity contribution < 1.29 is 24.6 Å². The smallest absolute Gasteiger partial charge is 0.242 e. The first kappa shape index (κ1) is 31.1. The minimum atomic E-state index is -1.15. The van der Waals surface area contributed by atoms with Crippen LogP contribution in [-0.2, 0) is 20.8 Å². The highest BCUT2D eigenvalue weighted by Crippen LogP contribution is 2.14. The molecule has 0 aromatic carbocycles. The molecule has 0 aliphatic carbocycles. The summed E-state index contributed by atoms with van der Waals surface area (Å²) >= 11 is 0. The summed E-state index contributed by atoms with van der Waals surface area (Å²) in [6, 6.07) is -1.66. The first-order valence-electron chi connectivity index (χ1n) is 12.6. The Hall–Kier alpha value is -2.90. The van der Waals surface area contributed by atoms with Crippen molar-refractivity contribution in [1.29, 1.82) is 0 Å². The number of hydrogen-bond donors (Lipinski definition) is 5. The lowest BCUT2D eigenvalue weighted by Crippen LogP contribution is -2.54. The molecule has 10 nitrogen and oxygen atoms in total. The Balaban J connectivity index is 2.73. The maximum absolute atomic E-state index is 13.0. The molecule has 3 amide bonds. The van der Waals surface area contributed by atoms with E-state index in [9.17, 15) is 24.6 Å². The summed E-state index contributed by atoms with van der Waals surface area (Å²) in [7, 11) is 1.68. The summed E-state index contributed by atoms with van der Waals surface area (Å²) in [6.07, 6.45) is 8.46. The van der Waals surface area contributed by atoms with Gasteiger partial charge in [0.05, 0.1) is 18.2 Å². The number of aliphatic hydroxyl groups excluding tert-OH is 2. The van der Waals surface area contributed by atoms with Crippen LogP contribution in [0.5, 0.6) is 0 Å². The molecule has 202 valence electrons. The van der Waals surface area contributed by atoms with Crippen molar-refractivity contribution >= 4 is 17.7 Å². The van der Waals surface area contributed by atoms with Crippen LogP contribution in [0.1, 0.15) is 65.6 Å². The molecule has 0 unspecified atom stereocenters. The largest absolute Gasteiger partial charge is 0.390 e. The number of nitrogens with zero attached hydrogens (tertiary/aromatic N) is 2. The van der Waals surface area contributed by atoms with Gasteiger partial charge in [-0.1, -0.05) is 20.8 Å². The molecule has 0 saturated heterocycles. The molecule has 0 aliphatic heterocycles. The molecule has 0 spiro atoms. The number of aliphatic hydroxyl groups is 2. The van der Waals surface area contributed by atoms with E-state index in [1.807, 2.05) is 20.8 Å². The van der Waals surface area contributed by atoms with Gasteiger partial charge in [-0.05, 0) is 32.1 Å². The van der Waals surface area contributed by atoms with Gasteiger partial charge in [-0.25, -0.2) is 4.98 Å². The summed E-state index contributed by atoms with van der Waals surface area (Å²) in [5.41, 5.74) is 0. The maximum atomic E-state index is 13.0. The molecule has 36 heavy (non-hydrogen) atoms. The molecule has 0 saturated carbocycles. The number of H-pyrrole nitrogens is 1. The van der Waals surface area contributed by atoms with Crippen LogP contribution in [0.15, 0.2) is 12.4 Å². The molecular formula is C26H43N5O5. The maximum Gasteiger partial charge on any atom is 0.242 e. The number of aromatic amines is 1. The first-order chi connectivity index (χ1) is 17.0. The minimum absolute atomic E-state index is 0.0109. The molecule has 1 rings (SSSR count). The lowest BCUT2D eigenvalue weighted by atomic mass is 9.97. The van der Waals surface area contributed by atoms with E-state index in [0.717, 1.165) is 5.82 Å². The van der Waals surface area contributed by atoms with E-state index >= 15 is 0 Å².